The highest BCUT2D eigenvalue weighted by Crippen LogP contribution is 2.34. The lowest BCUT2D eigenvalue weighted by Crippen LogP contribution is -2.51. The van der Waals surface area contributed by atoms with E-state index in [2.05, 4.69) is 19.2 Å². The highest BCUT2D eigenvalue weighted by molar-refractivity contribution is 5.81. The molecule has 2 unspecified atom stereocenters. The largest absolute Gasteiger partial charge is 0.480 e. The maximum absolute atomic E-state index is 11.3. The number of hydrogen-bond donors (Lipinski definition) is 2. The summed E-state index contributed by atoms with van der Waals surface area (Å²) in [4.78, 5) is 21.8. The van der Waals surface area contributed by atoms with E-state index in [-0.39, 0.29) is 0 Å². The van der Waals surface area contributed by atoms with E-state index in [0.29, 0.717) is 31.1 Å². The minimum atomic E-state index is -1.02. The number of carbonyl (C=O) groups is 2. The van der Waals surface area contributed by atoms with Gasteiger partial charge in [-0.2, -0.15) is 0 Å². The van der Waals surface area contributed by atoms with Crippen molar-refractivity contribution < 1.29 is 14.7 Å². The molecule has 16 heavy (non-hydrogen) atoms. The van der Waals surface area contributed by atoms with Crippen LogP contribution in [-0.2, 0) is 9.59 Å². The van der Waals surface area contributed by atoms with Crippen LogP contribution in [0.2, 0.25) is 0 Å². The number of amides is 1. The van der Waals surface area contributed by atoms with E-state index in [1.807, 2.05) is 0 Å². The summed E-state index contributed by atoms with van der Waals surface area (Å²) < 4.78 is 0. The summed E-state index contributed by atoms with van der Waals surface area (Å²) in [7, 11) is 0. The smallest absolute Gasteiger partial charge is 0.329 e. The van der Waals surface area contributed by atoms with Crippen molar-refractivity contribution in [3.63, 3.8) is 0 Å². The zero-order chi connectivity index (χ0) is 12.2. The predicted octanol–water partition coefficient (Wildman–Crippen LogP) is 1.79. The molecule has 1 rings (SSSR count). The second-order valence-electron chi connectivity index (χ2n) is 5.08. The van der Waals surface area contributed by atoms with Gasteiger partial charge in [0.25, 0.3) is 0 Å². The van der Waals surface area contributed by atoms with E-state index < -0.39 is 11.5 Å². The van der Waals surface area contributed by atoms with Gasteiger partial charge in [0.05, 0.1) is 0 Å². The van der Waals surface area contributed by atoms with Gasteiger partial charge in [-0.1, -0.05) is 26.7 Å². The molecular formula is C12H21NO3. The van der Waals surface area contributed by atoms with Crippen LogP contribution in [0.25, 0.3) is 0 Å². The van der Waals surface area contributed by atoms with Crippen molar-refractivity contribution in [2.45, 2.75) is 51.5 Å². The van der Waals surface area contributed by atoms with Gasteiger partial charge in [-0.3, -0.25) is 4.79 Å². The van der Waals surface area contributed by atoms with Crippen molar-refractivity contribution in [3.8, 4) is 0 Å². The highest BCUT2D eigenvalue weighted by atomic mass is 16.4. The van der Waals surface area contributed by atoms with Gasteiger partial charge in [0.1, 0.15) is 5.54 Å². The van der Waals surface area contributed by atoms with Crippen molar-refractivity contribution in [2.75, 3.05) is 0 Å². The van der Waals surface area contributed by atoms with E-state index in [0.717, 1.165) is 19.3 Å². The van der Waals surface area contributed by atoms with Crippen molar-refractivity contribution >= 4 is 12.4 Å². The maximum Gasteiger partial charge on any atom is 0.329 e. The number of rotatable bonds is 4. The third-order valence-corrected chi connectivity index (χ3v) is 3.81. The van der Waals surface area contributed by atoms with Gasteiger partial charge in [0.2, 0.25) is 6.41 Å². The Kier molecular flexibility index (Phi) is 4.33. The molecule has 0 radical (unpaired) electrons. The first kappa shape index (κ1) is 13.0. The molecule has 0 heterocycles. The number of nitrogens with one attached hydrogen (secondary N) is 1. The first-order valence-electron chi connectivity index (χ1n) is 5.96. The summed E-state index contributed by atoms with van der Waals surface area (Å²) in [6.45, 7) is 4.34. The number of hydrogen-bond acceptors (Lipinski definition) is 2. The lowest BCUT2D eigenvalue weighted by Gasteiger charge is -2.27. The molecule has 4 heteroatoms. The number of carbonyl (C=O) groups excluding carboxylic acids is 1. The molecule has 0 aliphatic heterocycles. The number of aliphatic carboxylic acids is 1. The maximum atomic E-state index is 11.3. The zero-order valence-electron chi connectivity index (χ0n) is 10.0. The lowest BCUT2D eigenvalue weighted by atomic mass is 9.86. The average Bonchev–Trinajstić information content (AvgIpc) is 2.42. The van der Waals surface area contributed by atoms with Crippen molar-refractivity contribution in [2.24, 2.45) is 11.8 Å². The first-order valence-corrected chi connectivity index (χ1v) is 5.96. The highest BCUT2D eigenvalue weighted by Gasteiger charge is 2.40. The molecule has 4 nitrogen and oxygen atoms in total. The monoisotopic (exact) mass is 227 g/mol. The summed E-state index contributed by atoms with van der Waals surface area (Å²) in [5.41, 5.74) is -1.02. The third-order valence-electron chi connectivity index (χ3n) is 3.81. The van der Waals surface area contributed by atoms with Crippen molar-refractivity contribution in [3.05, 3.63) is 0 Å². The standard InChI is InChI=1S/C12H21NO3/c1-9(2)10-4-3-6-12(7-5-10,11(15)16)13-8-14/h8-10H,3-7H2,1-2H3,(H,13,14)(H,15,16). The molecule has 2 atom stereocenters. The molecule has 1 fully saturated rings. The Morgan fingerprint density at radius 2 is 2.12 bits per heavy atom. The quantitative estimate of drug-likeness (QED) is 0.568. The zero-order valence-corrected chi connectivity index (χ0v) is 10.0. The fraction of sp³-hybridized carbons (Fsp3) is 0.833. The normalized spacial score (nSPS) is 30.8. The molecule has 1 aliphatic carbocycles. The molecule has 1 saturated carbocycles. The van der Waals surface area contributed by atoms with Crippen LogP contribution in [0.1, 0.15) is 46.0 Å². The topological polar surface area (TPSA) is 66.4 Å². The van der Waals surface area contributed by atoms with Crippen LogP contribution in [0.3, 0.4) is 0 Å². The van der Waals surface area contributed by atoms with Gasteiger partial charge in [-0.15, -0.1) is 0 Å². The molecule has 0 bridgehead atoms. The Morgan fingerprint density at radius 3 is 2.62 bits per heavy atom. The number of carboxylic acids is 1. The fourth-order valence-corrected chi connectivity index (χ4v) is 2.57. The SMILES string of the molecule is CC(C)C1CCCC(NC=O)(C(=O)O)CC1. The van der Waals surface area contributed by atoms with Gasteiger partial charge in [0, 0.05) is 0 Å². The summed E-state index contributed by atoms with van der Waals surface area (Å²) in [6, 6.07) is 0. The molecule has 1 amide bonds. The molecule has 0 aromatic heterocycles. The van der Waals surface area contributed by atoms with Crippen molar-refractivity contribution in [1.29, 1.82) is 0 Å². The van der Waals surface area contributed by atoms with E-state index in [1.165, 1.54) is 0 Å². The summed E-state index contributed by atoms with van der Waals surface area (Å²) >= 11 is 0. The predicted molar refractivity (Wildman–Crippen MR) is 61.0 cm³/mol. The molecule has 0 spiro atoms. The summed E-state index contributed by atoms with van der Waals surface area (Å²) in [5.74, 6) is 0.263. The van der Waals surface area contributed by atoms with Crippen LogP contribution >= 0.6 is 0 Å². The Labute approximate surface area is 96.4 Å². The Hall–Kier alpha value is -1.06. The molecule has 0 aromatic rings. The van der Waals surface area contributed by atoms with Gasteiger partial charge in [-0.25, -0.2) is 4.79 Å². The van der Waals surface area contributed by atoms with E-state index in [1.54, 1.807) is 0 Å². The van der Waals surface area contributed by atoms with E-state index in [9.17, 15) is 14.7 Å². The average molecular weight is 227 g/mol. The van der Waals surface area contributed by atoms with Crippen LogP contribution in [0.5, 0.6) is 0 Å². The van der Waals surface area contributed by atoms with Crippen molar-refractivity contribution in [1.82, 2.24) is 5.32 Å². The third kappa shape index (κ3) is 2.74. The first-order chi connectivity index (χ1) is 7.52. The van der Waals surface area contributed by atoms with Crippen LogP contribution in [0.4, 0.5) is 0 Å². The summed E-state index contributed by atoms with van der Waals surface area (Å²) in [6.07, 6.45) is 4.42. The van der Waals surface area contributed by atoms with Gasteiger partial charge in [-0.05, 0) is 31.1 Å². The Morgan fingerprint density at radius 1 is 1.44 bits per heavy atom. The molecule has 92 valence electrons. The second-order valence-corrected chi connectivity index (χ2v) is 5.08. The van der Waals surface area contributed by atoms with E-state index >= 15 is 0 Å². The molecule has 2 N–H and O–H groups in total. The molecular weight excluding hydrogens is 206 g/mol. The molecule has 0 saturated heterocycles. The minimum absolute atomic E-state index is 0.518. The van der Waals surface area contributed by atoms with Crippen LogP contribution in [-0.4, -0.2) is 23.0 Å². The minimum Gasteiger partial charge on any atom is -0.480 e. The lowest BCUT2D eigenvalue weighted by molar-refractivity contribution is -0.147. The molecule has 1 aliphatic rings. The Bertz CT molecular complexity index is 265. The summed E-state index contributed by atoms with van der Waals surface area (Å²) in [5, 5.41) is 11.8. The second kappa shape index (κ2) is 5.32. The fourth-order valence-electron chi connectivity index (χ4n) is 2.57. The number of carboxylic acid groups (broad SMARTS) is 1. The van der Waals surface area contributed by atoms with Gasteiger partial charge in [0.15, 0.2) is 0 Å². The van der Waals surface area contributed by atoms with Gasteiger partial charge < -0.3 is 10.4 Å². The van der Waals surface area contributed by atoms with Gasteiger partial charge >= 0.3 is 5.97 Å². The van der Waals surface area contributed by atoms with Crippen LogP contribution in [0.15, 0.2) is 0 Å². The van der Waals surface area contributed by atoms with Crippen LogP contribution in [0, 0.1) is 11.8 Å². The van der Waals surface area contributed by atoms with E-state index in [4.69, 9.17) is 0 Å². The van der Waals surface area contributed by atoms with Crippen LogP contribution < -0.4 is 5.32 Å². The molecule has 0 aromatic carbocycles. The Balaban J connectivity index is 2.74.